The lowest BCUT2D eigenvalue weighted by Crippen LogP contribution is -2.47. The van der Waals surface area contributed by atoms with Crippen LogP contribution in [0.25, 0.3) is 0 Å². The van der Waals surface area contributed by atoms with Crippen molar-refractivity contribution in [3.63, 3.8) is 0 Å². The number of fused-ring (bicyclic) bond motifs is 3. The third-order valence-corrected chi connectivity index (χ3v) is 6.73. The summed E-state index contributed by atoms with van der Waals surface area (Å²) in [5.74, 6) is 0.249. The SMILES string of the molecule is COc1cc(Cl)ccc1[N+]1=NOC(O)C1C1=Nc2ccccc2NC2(C1)C(=O)Nc1ccccc12. The third-order valence-electron chi connectivity index (χ3n) is 6.49. The molecule has 3 atom stereocenters. The van der Waals surface area contributed by atoms with E-state index in [0.29, 0.717) is 33.5 Å². The van der Waals surface area contributed by atoms with E-state index >= 15 is 0 Å². The van der Waals surface area contributed by atoms with Gasteiger partial charge in [0, 0.05) is 34.8 Å². The molecule has 1 amide bonds. The molecule has 0 fully saturated rings. The van der Waals surface area contributed by atoms with Gasteiger partial charge >= 0.3 is 6.29 Å². The Hall–Kier alpha value is -3.95. The van der Waals surface area contributed by atoms with E-state index in [1.165, 1.54) is 11.8 Å². The minimum Gasteiger partial charge on any atom is -0.490 e. The Kier molecular flexibility index (Phi) is 4.98. The Bertz CT molecular complexity index is 1420. The minimum absolute atomic E-state index is 0.164. The highest BCUT2D eigenvalue weighted by molar-refractivity contribution is 6.30. The Balaban J connectivity index is 1.52. The van der Waals surface area contributed by atoms with Crippen LogP contribution in [0.3, 0.4) is 0 Å². The molecular weight excluding hydrogens is 470 g/mol. The Morgan fingerprint density at radius 1 is 1.14 bits per heavy atom. The molecule has 6 rings (SSSR count). The Labute approximate surface area is 205 Å². The average Bonchev–Trinajstić information content (AvgIpc) is 3.29. The quantitative estimate of drug-likeness (QED) is 0.468. The van der Waals surface area contributed by atoms with Crippen LogP contribution in [0.15, 0.2) is 77.0 Å². The van der Waals surface area contributed by atoms with Crippen LogP contribution in [0.2, 0.25) is 5.02 Å². The molecule has 3 aliphatic rings. The fraction of sp³-hybridized carbons (Fsp3) is 0.200. The summed E-state index contributed by atoms with van der Waals surface area (Å²) in [4.78, 5) is 23.7. The third kappa shape index (κ3) is 3.35. The van der Waals surface area contributed by atoms with E-state index in [2.05, 4.69) is 15.9 Å². The number of aliphatic hydroxyl groups excluding tert-OH is 1. The number of nitrogens with one attached hydrogen (secondary N) is 2. The van der Waals surface area contributed by atoms with Crippen molar-refractivity contribution in [3.05, 3.63) is 77.3 Å². The lowest BCUT2D eigenvalue weighted by molar-refractivity contribution is -0.530. The smallest absolute Gasteiger partial charge is 0.301 e. The van der Waals surface area contributed by atoms with Gasteiger partial charge in [0.25, 0.3) is 17.6 Å². The number of carbonyl (C=O) groups is 1. The standard InChI is InChI=1S/C25H20ClN5O4/c1-34-21-12-14(26)10-11-20(21)31-22(23(32)35-30-31)19-13-25(29-18-9-5-4-8-17(18)27-19)15-6-2-3-7-16(15)28-24(25)33/h2-12,22-23,29,32H,13H2,1H3/p+1. The lowest BCUT2D eigenvalue weighted by Gasteiger charge is -2.29. The molecule has 10 heteroatoms. The molecule has 3 heterocycles. The van der Waals surface area contributed by atoms with Gasteiger partial charge in [-0.1, -0.05) is 41.9 Å². The zero-order valence-corrected chi connectivity index (χ0v) is 19.4. The van der Waals surface area contributed by atoms with Crippen LogP contribution in [0, 0.1) is 0 Å². The number of halogens is 1. The molecule has 0 aromatic heterocycles. The summed E-state index contributed by atoms with van der Waals surface area (Å²) in [5.41, 5.74) is 2.79. The average molecular weight is 491 g/mol. The fourth-order valence-corrected chi connectivity index (χ4v) is 5.03. The van der Waals surface area contributed by atoms with Crippen molar-refractivity contribution in [2.24, 2.45) is 10.3 Å². The van der Waals surface area contributed by atoms with E-state index in [9.17, 15) is 9.90 Å². The van der Waals surface area contributed by atoms with Crippen molar-refractivity contribution in [1.82, 2.24) is 0 Å². The van der Waals surface area contributed by atoms with Crippen LogP contribution < -0.4 is 15.4 Å². The fourth-order valence-electron chi connectivity index (χ4n) is 4.87. The van der Waals surface area contributed by atoms with Gasteiger partial charge in [-0.2, -0.15) is 0 Å². The number of carbonyl (C=O) groups excluding carboxylic acids is 1. The van der Waals surface area contributed by atoms with Crippen molar-refractivity contribution >= 4 is 46.0 Å². The largest absolute Gasteiger partial charge is 0.490 e. The van der Waals surface area contributed by atoms with Crippen molar-refractivity contribution in [1.29, 1.82) is 0 Å². The first-order valence-electron chi connectivity index (χ1n) is 11.0. The molecule has 3 aromatic rings. The first-order valence-corrected chi connectivity index (χ1v) is 11.4. The van der Waals surface area contributed by atoms with Gasteiger partial charge in [-0.3, -0.25) is 4.79 Å². The van der Waals surface area contributed by atoms with E-state index in [1.807, 2.05) is 48.5 Å². The Morgan fingerprint density at radius 2 is 1.91 bits per heavy atom. The van der Waals surface area contributed by atoms with E-state index in [-0.39, 0.29) is 12.3 Å². The van der Waals surface area contributed by atoms with Crippen molar-refractivity contribution in [2.75, 3.05) is 17.7 Å². The van der Waals surface area contributed by atoms with Gasteiger partial charge in [-0.25, -0.2) is 4.99 Å². The van der Waals surface area contributed by atoms with Crippen LogP contribution in [0.5, 0.6) is 5.75 Å². The summed E-state index contributed by atoms with van der Waals surface area (Å²) in [6.07, 6.45) is -1.16. The first kappa shape index (κ1) is 21.6. The van der Waals surface area contributed by atoms with Crippen LogP contribution in [0.1, 0.15) is 12.0 Å². The summed E-state index contributed by atoms with van der Waals surface area (Å²) in [5, 5.41) is 21.9. The van der Waals surface area contributed by atoms with Crippen LogP contribution >= 0.6 is 11.6 Å². The number of aliphatic hydroxyl groups is 1. The normalized spacial score (nSPS) is 24.4. The zero-order chi connectivity index (χ0) is 24.2. The first-order chi connectivity index (χ1) is 17.0. The summed E-state index contributed by atoms with van der Waals surface area (Å²) >= 11 is 6.15. The maximum Gasteiger partial charge on any atom is 0.301 e. The number of hydrogen-bond donors (Lipinski definition) is 3. The van der Waals surface area contributed by atoms with Gasteiger partial charge in [0.05, 0.1) is 24.2 Å². The van der Waals surface area contributed by atoms with E-state index in [4.69, 9.17) is 26.2 Å². The Morgan fingerprint density at radius 3 is 2.74 bits per heavy atom. The van der Waals surface area contributed by atoms with Crippen molar-refractivity contribution in [2.45, 2.75) is 24.3 Å². The molecule has 0 radical (unpaired) electrons. The number of para-hydroxylation sites is 3. The number of nitrogens with zero attached hydrogens (tertiary/aromatic N) is 3. The highest BCUT2D eigenvalue weighted by atomic mass is 35.5. The highest BCUT2D eigenvalue weighted by Gasteiger charge is 2.55. The summed E-state index contributed by atoms with van der Waals surface area (Å²) in [6, 6.07) is 19.3. The van der Waals surface area contributed by atoms with Gasteiger partial charge < -0.3 is 25.3 Å². The van der Waals surface area contributed by atoms with Gasteiger partial charge in [0.1, 0.15) is 0 Å². The molecule has 0 saturated carbocycles. The molecule has 3 unspecified atom stereocenters. The second kappa shape index (κ2) is 8.07. The molecule has 35 heavy (non-hydrogen) atoms. The number of ether oxygens (including phenoxy) is 1. The molecule has 9 nitrogen and oxygen atoms in total. The number of hydrogen-bond acceptors (Lipinski definition) is 7. The highest BCUT2D eigenvalue weighted by Crippen LogP contribution is 2.46. The van der Waals surface area contributed by atoms with Gasteiger partial charge in [-0.05, 0) is 29.0 Å². The minimum atomic E-state index is -1.32. The lowest BCUT2D eigenvalue weighted by atomic mass is 9.84. The molecule has 1 spiro atoms. The molecular formula is C25H21ClN5O4+. The topological polar surface area (TPSA) is 108 Å². The molecule has 3 aromatic carbocycles. The maximum atomic E-state index is 13.5. The van der Waals surface area contributed by atoms with Gasteiger partial charge in [0.2, 0.25) is 0 Å². The number of methoxy groups -OCH3 is 1. The van der Waals surface area contributed by atoms with E-state index < -0.39 is 17.9 Å². The van der Waals surface area contributed by atoms with Crippen LogP contribution in [0.4, 0.5) is 22.7 Å². The predicted octanol–water partition coefficient (Wildman–Crippen LogP) is 4.51. The summed E-state index contributed by atoms with van der Waals surface area (Å²) < 4.78 is 7.02. The van der Waals surface area contributed by atoms with E-state index in [1.54, 1.807) is 18.2 Å². The van der Waals surface area contributed by atoms with Gasteiger partial charge in [-0.15, -0.1) is 0 Å². The molecule has 0 aliphatic carbocycles. The molecule has 3 N–H and O–H groups in total. The van der Waals surface area contributed by atoms with E-state index in [0.717, 1.165) is 11.3 Å². The molecule has 0 bridgehead atoms. The van der Waals surface area contributed by atoms with Gasteiger partial charge in [0.15, 0.2) is 16.6 Å². The molecule has 3 aliphatic heterocycles. The number of rotatable bonds is 3. The maximum absolute atomic E-state index is 13.5. The molecule has 0 saturated heterocycles. The number of aliphatic imine (C=N–C) groups is 1. The number of anilines is 2. The monoisotopic (exact) mass is 490 g/mol. The second-order valence-corrected chi connectivity index (χ2v) is 8.95. The number of amides is 1. The summed E-state index contributed by atoms with van der Waals surface area (Å²) in [6.45, 7) is 0. The van der Waals surface area contributed by atoms with Crippen LogP contribution in [-0.2, 0) is 15.2 Å². The van der Waals surface area contributed by atoms with Crippen molar-refractivity contribution in [3.8, 4) is 5.75 Å². The summed E-state index contributed by atoms with van der Waals surface area (Å²) in [7, 11) is 1.52. The van der Waals surface area contributed by atoms with Crippen molar-refractivity contribution < 1.29 is 24.2 Å². The second-order valence-electron chi connectivity index (χ2n) is 8.51. The zero-order valence-electron chi connectivity index (χ0n) is 18.6. The molecule has 176 valence electrons. The number of benzene rings is 3. The predicted molar refractivity (Wildman–Crippen MR) is 130 cm³/mol. The van der Waals surface area contributed by atoms with Crippen LogP contribution in [-0.4, -0.2) is 40.9 Å².